The van der Waals surface area contributed by atoms with Gasteiger partial charge in [0.1, 0.15) is 0 Å². The first-order chi connectivity index (χ1) is 9.11. The Kier molecular flexibility index (Phi) is 4.23. The third kappa shape index (κ3) is 3.15. The van der Waals surface area contributed by atoms with Crippen LogP contribution in [0.4, 0.5) is 5.69 Å². The summed E-state index contributed by atoms with van der Waals surface area (Å²) in [6.45, 7) is 3.95. The van der Waals surface area contributed by atoms with Crippen molar-refractivity contribution < 1.29 is 4.79 Å². The van der Waals surface area contributed by atoms with Crippen molar-refractivity contribution in [3.05, 3.63) is 64.7 Å². The number of carbonyl (C=O) groups excluding carboxylic acids is 1. The maximum absolute atomic E-state index is 12.3. The van der Waals surface area contributed by atoms with Crippen molar-refractivity contribution >= 4 is 23.2 Å². The van der Waals surface area contributed by atoms with E-state index in [2.05, 4.69) is 5.32 Å². The van der Waals surface area contributed by atoms with Crippen molar-refractivity contribution in [2.24, 2.45) is 0 Å². The molecule has 2 nitrogen and oxygen atoms in total. The maximum atomic E-state index is 12.3. The summed E-state index contributed by atoms with van der Waals surface area (Å²) in [4.78, 5) is 12.3. The van der Waals surface area contributed by atoms with Crippen LogP contribution in [-0.4, -0.2) is 5.91 Å². The van der Waals surface area contributed by atoms with Crippen LogP contribution in [0.5, 0.6) is 0 Å². The molecule has 2 aromatic rings. The zero-order chi connectivity index (χ0) is 13.8. The molecule has 0 heterocycles. The minimum Gasteiger partial charge on any atom is -0.322 e. The number of carbonyl (C=O) groups is 1. The van der Waals surface area contributed by atoms with E-state index in [1.165, 1.54) is 0 Å². The molecule has 2 aromatic carbocycles. The summed E-state index contributed by atoms with van der Waals surface area (Å²) >= 11 is 5.86. The van der Waals surface area contributed by atoms with E-state index < -0.39 is 0 Å². The van der Waals surface area contributed by atoms with Gasteiger partial charge in [-0.15, -0.1) is 11.6 Å². The second-order valence-electron chi connectivity index (χ2n) is 4.56. The smallest absolute Gasteiger partial charge is 0.255 e. The Hall–Kier alpha value is -1.80. The molecule has 1 N–H and O–H groups in total. The predicted molar refractivity (Wildman–Crippen MR) is 79.9 cm³/mol. The number of para-hydroxylation sites is 1. The lowest BCUT2D eigenvalue weighted by atomic mass is 10.0. The Labute approximate surface area is 118 Å². The van der Waals surface area contributed by atoms with Gasteiger partial charge in [-0.2, -0.15) is 0 Å². The minimum absolute atomic E-state index is 0.102. The maximum Gasteiger partial charge on any atom is 0.255 e. The predicted octanol–water partition coefficient (Wildman–Crippen LogP) is 4.29. The van der Waals surface area contributed by atoms with E-state index in [4.69, 9.17) is 11.6 Å². The van der Waals surface area contributed by atoms with Gasteiger partial charge in [0.25, 0.3) is 5.91 Å². The molecule has 0 aliphatic heterocycles. The molecule has 19 heavy (non-hydrogen) atoms. The quantitative estimate of drug-likeness (QED) is 0.830. The van der Waals surface area contributed by atoms with E-state index in [1.807, 2.05) is 56.3 Å². The van der Waals surface area contributed by atoms with E-state index >= 15 is 0 Å². The summed E-state index contributed by atoms with van der Waals surface area (Å²) in [6.07, 6.45) is 0. The SMILES string of the molecule is Cc1ccc(C(=O)Nc2ccccc2CCl)c(C)c1. The Bertz CT molecular complexity index is 607. The lowest BCUT2D eigenvalue weighted by Gasteiger charge is -2.11. The summed E-state index contributed by atoms with van der Waals surface area (Å²) in [6, 6.07) is 13.4. The van der Waals surface area contributed by atoms with E-state index in [0.717, 1.165) is 22.4 Å². The van der Waals surface area contributed by atoms with E-state index in [-0.39, 0.29) is 5.91 Å². The highest BCUT2D eigenvalue weighted by Gasteiger charge is 2.10. The minimum atomic E-state index is -0.102. The van der Waals surface area contributed by atoms with Crippen molar-refractivity contribution in [1.82, 2.24) is 0 Å². The average Bonchev–Trinajstić information content (AvgIpc) is 2.39. The molecule has 0 aliphatic rings. The summed E-state index contributed by atoms with van der Waals surface area (Å²) in [5.41, 5.74) is 4.50. The zero-order valence-corrected chi connectivity index (χ0v) is 11.8. The first kappa shape index (κ1) is 13.6. The molecule has 0 unspecified atom stereocenters. The molecule has 0 saturated heterocycles. The lowest BCUT2D eigenvalue weighted by molar-refractivity contribution is 0.102. The number of alkyl halides is 1. The average molecular weight is 274 g/mol. The van der Waals surface area contributed by atoms with Gasteiger partial charge in [-0.1, -0.05) is 35.9 Å². The fraction of sp³-hybridized carbons (Fsp3) is 0.188. The van der Waals surface area contributed by atoms with Crippen LogP contribution in [0.25, 0.3) is 0 Å². The number of hydrogen-bond acceptors (Lipinski definition) is 1. The van der Waals surface area contributed by atoms with Gasteiger partial charge in [-0.3, -0.25) is 4.79 Å². The van der Waals surface area contributed by atoms with Crippen LogP contribution in [0.15, 0.2) is 42.5 Å². The molecular formula is C16H16ClNO. The monoisotopic (exact) mass is 273 g/mol. The molecule has 0 aliphatic carbocycles. The second-order valence-corrected chi connectivity index (χ2v) is 4.83. The lowest BCUT2D eigenvalue weighted by Crippen LogP contribution is -2.14. The molecule has 2 rings (SSSR count). The molecule has 3 heteroatoms. The van der Waals surface area contributed by atoms with Crippen LogP contribution in [0.2, 0.25) is 0 Å². The summed E-state index contributed by atoms with van der Waals surface area (Å²) < 4.78 is 0. The number of halogens is 1. The summed E-state index contributed by atoms with van der Waals surface area (Å²) in [7, 11) is 0. The summed E-state index contributed by atoms with van der Waals surface area (Å²) in [5.74, 6) is 0.277. The van der Waals surface area contributed by atoms with Crippen molar-refractivity contribution in [3.63, 3.8) is 0 Å². The molecular weight excluding hydrogens is 258 g/mol. The van der Waals surface area contributed by atoms with Gasteiger partial charge in [0.2, 0.25) is 0 Å². The van der Waals surface area contributed by atoms with Crippen LogP contribution in [0.1, 0.15) is 27.0 Å². The van der Waals surface area contributed by atoms with Gasteiger partial charge in [-0.05, 0) is 37.1 Å². The number of benzene rings is 2. The van der Waals surface area contributed by atoms with Gasteiger partial charge in [0.15, 0.2) is 0 Å². The Morgan fingerprint density at radius 2 is 1.89 bits per heavy atom. The van der Waals surface area contributed by atoms with Crippen LogP contribution < -0.4 is 5.32 Å². The number of amides is 1. The van der Waals surface area contributed by atoms with Crippen LogP contribution in [0.3, 0.4) is 0 Å². The van der Waals surface area contributed by atoms with Gasteiger partial charge >= 0.3 is 0 Å². The third-order valence-electron chi connectivity index (χ3n) is 3.04. The number of nitrogens with one attached hydrogen (secondary N) is 1. The summed E-state index contributed by atoms with van der Waals surface area (Å²) in [5, 5.41) is 2.91. The standard InChI is InChI=1S/C16H16ClNO/c1-11-7-8-14(12(2)9-11)16(19)18-15-6-4-3-5-13(15)10-17/h3-9H,10H2,1-2H3,(H,18,19). The molecule has 0 fully saturated rings. The molecule has 1 amide bonds. The zero-order valence-electron chi connectivity index (χ0n) is 11.0. The largest absolute Gasteiger partial charge is 0.322 e. The van der Waals surface area contributed by atoms with Gasteiger partial charge in [0, 0.05) is 17.1 Å². The Balaban J connectivity index is 2.26. The van der Waals surface area contributed by atoms with E-state index in [1.54, 1.807) is 0 Å². The molecule has 0 saturated carbocycles. The Morgan fingerprint density at radius 3 is 2.58 bits per heavy atom. The van der Waals surface area contributed by atoms with Crippen LogP contribution in [0, 0.1) is 13.8 Å². The number of anilines is 1. The highest BCUT2D eigenvalue weighted by molar-refractivity contribution is 6.17. The van der Waals surface area contributed by atoms with E-state index in [0.29, 0.717) is 11.4 Å². The number of aryl methyl sites for hydroxylation is 2. The molecule has 0 atom stereocenters. The molecule has 0 radical (unpaired) electrons. The molecule has 0 spiro atoms. The number of hydrogen-bond donors (Lipinski definition) is 1. The van der Waals surface area contributed by atoms with Gasteiger partial charge in [-0.25, -0.2) is 0 Å². The fourth-order valence-electron chi connectivity index (χ4n) is 2.02. The van der Waals surface area contributed by atoms with Gasteiger partial charge < -0.3 is 5.32 Å². The topological polar surface area (TPSA) is 29.1 Å². The first-order valence-electron chi connectivity index (χ1n) is 6.14. The van der Waals surface area contributed by atoms with E-state index in [9.17, 15) is 4.79 Å². The highest BCUT2D eigenvalue weighted by atomic mass is 35.5. The van der Waals surface area contributed by atoms with Crippen molar-refractivity contribution in [2.75, 3.05) is 5.32 Å². The van der Waals surface area contributed by atoms with Crippen LogP contribution >= 0.6 is 11.6 Å². The van der Waals surface area contributed by atoms with Gasteiger partial charge in [0.05, 0.1) is 0 Å². The fourth-order valence-corrected chi connectivity index (χ4v) is 2.25. The van der Waals surface area contributed by atoms with Crippen LogP contribution in [-0.2, 0) is 5.88 Å². The van der Waals surface area contributed by atoms with Crippen molar-refractivity contribution in [2.45, 2.75) is 19.7 Å². The highest BCUT2D eigenvalue weighted by Crippen LogP contribution is 2.19. The first-order valence-corrected chi connectivity index (χ1v) is 6.67. The van der Waals surface area contributed by atoms with Crippen molar-refractivity contribution in [3.8, 4) is 0 Å². The third-order valence-corrected chi connectivity index (χ3v) is 3.32. The number of rotatable bonds is 3. The molecule has 0 bridgehead atoms. The Morgan fingerprint density at radius 1 is 1.16 bits per heavy atom. The molecule has 0 aromatic heterocycles. The van der Waals surface area contributed by atoms with Crippen molar-refractivity contribution in [1.29, 1.82) is 0 Å². The normalized spacial score (nSPS) is 10.3. The molecule has 98 valence electrons. The second kappa shape index (κ2) is 5.89.